The lowest BCUT2D eigenvalue weighted by Gasteiger charge is -2.38. The van der Waals surface area contributed by atoms with Crippen molar-refractivity contribution in [3.05, 3.63) is 65.2 Å². The Morgan fingerprint density at radius 2 is 1.76 bits per heavy atom. The van der Waals surface area contributed by atoms with Crippen LogP contribution in [-0.2, 0) is 0 Å². The molecular weight excluding hydrogens is 260 g/mol. The van der Waals surface area contributed by atoms with Gasteiger partial charge in [0.25, 0.3) is 5.91 Å². The van der Waals surface area contributed by atoms with Crippen LogP contribution in [0, 0.1) is 6.92 Å². The maximum atomic E-state index is 12.8. The van der Waals surface area contributed by atoms with E-state index in [2.05, 4.69) is 36.5 Å². The van der Waals surface area contributed by atoms with E-state index < -0.39 is 0 Å². The summed E-state index contributed by atoms with van der Waals surface area (Å²) in [5.41, 5.74) is 4.10. The number of benzene rings is 2. The summed E-state index contributed by atoms with van der Waals surface area (Å²) in [6.45, 7) is 2.08. The highest BCUT2D eigenvalue weighted by Crippen LogP contribution is 2.40. The minimum Gasteiger partial charge on any atom is -0.361 e. The molecule has 0 spiro atoms. The Morgan fingerprint density at radius 1 is 1.05 bits per heavy atom. The predicted octanol–water partition coefficient (Wildman–Crippen LogP) is 3.72. The Kier molecular flexibility index (Phi) is 2.74. The molecule has 3 heteroatoms. The van der Waals surface area contributed by atoms with Gasteiger partial charge in [0, 0.05) is 11.7 Å². The largest absolute Gasteiger partial charge is 0.361 e. The van der Waals surface area contributed by atoms with Gasteiger partial charge >= 0.3 is 0 Å². The number of anilines is 1. The Balaban J connectivity index is 1.78. The number of hydrogen-bond acceptors (Lipinski definition) is 2. The van der Waals surface area contributed by atoms with E-state index in [9.17, 15) is 4.79 Å². The van der Waals surface area contributed by atoms with E-state index in [0.717, 1.165) is 29.7 Å². The van der Waals surface area contributed by atoms with Gasteiger partial charge in [0.05, 0.1) is 5.56 Å². The van der Waals surface area contributed by atoms with Gasteiger partial charge in [-0.2, -0.15) is 0 Å². The highest BCUT2D eigenvalue weighted by molar-refractivity contribution is 6.02. The van der Waals surface area contributed by atoms with Crippen LogP contribution >= 0.6 is 0 Å². The second-order valence-corrected chi connectivity index (χ2v) is 5.95. The van der Waals surface area contributed by atoms with Crippen LogP contribution in [-0.4, -0.2) is 16.8 Å². The molecule has 1 heterocycles. The monoisotopic (exact) mass is 278 g/mol. The van der Waals surface area contributed by atoms with E-state index in [1.54, 1.807) is 0 Å². The SMILES string of the molecule is Cc1ccc([C@@H]2Nc3ccccc3C(=O)N2C2CC2)cc1. The number of rotatable bonds is 2. The Hall–Kier alpha value is -2.29. The zero-order chi connectivity index (χ0) is 14.4. The Labute approximate surface area is 124 Å². The molecule has 1 aliphatic heterocycles. The quantitative estimate of drug-likeness (QED) is 0.908. The first-order valence-corrected chi connectivity index (χ1v) is 7.49. The lowest BCUT2D eigenvalue weighted by Crippen LogP contribution is -2.44. The van der Waals surface area contributed by atoms with Crippen LogP contribution in [0.4, 0.5) is 5.69 Å². The van der Waals surface area contributed by atoms with E-state index >= 15 is 0 Å². The highest BCUT2D eigenvalue weighted by atomic mass is 16.2. The number of fused-ring (bicyclic) bond motifs is 1. The standard InChI is InChI=1S/C18H18N2O/c1-12-6-8-13(9-7-12)17-19-16-5-3-2-4-15(16)18(21)20(17)14-10-11-14/h2-9,14,17,19H,10-11H2,1H3/t17-/m1/s1. The van der Waals surface area contributed by atoms with E-state index in [1.165, 1.54) is 5.56 Å². The number of hydrogen-bond donors (Lipinski definition) is 1. The van der Waals surface area contributed by atoms with Crippen molar-refractivity contribution < 1.29 is 4.79 Å². The molecule has 106 valence electrons. The Bertz CT molecular complexity index is 689. The number of nitrogens with zero attached hydrogens (tertiary/aromatic N) is 1. The van der Waals surface area contributed by atoms with Gasteiger partial charge in [-0.05, 0) is 37.5 Å². The van der Waals surface area contributed by atoms with Crippen LogP contribution in [0.25, 0.3) is 0 Å². The van der Waals surface area contributed by atoms with Crippen LogP contribution in [0.1, 0.15) is 40.5 Å². The Morgan fingerprint density at radius 3 is 2.48 bits per heavy atom. The average molecular weight is 278 g/mol. The first kappa shape index (κ1) is 12.5. The van der Waals surface area contributed by atoms with Gasteiger partial charge in [-0.25, -0.2) is 0 Å². The van der Waals surface area contributed by atoms with Gasteiger partial charge in [-0.3, -0.25) is 4.79 Å². The molecule has 0 unspecified atom stereocenters. The smallest absolute Gasteiger partial charge is 0.258 e. The number of aryl methyl sites for hydroxylation is 1. The molecule has 0 saturated heterocycles. The van der Waals surface area contributed by atoms with Gasteiger partial charge < -0.3 is 10.2 Å². The van der Waals surface area contributed by atoms with Crippen LogP contribution in [0.15, 0.2) is 48.5 Å². The van der Waals surface area contributed by atoms with Crippen molar-refractivity contribution in [2.45, 2.75) is 32.0 Å². The van der Waals surface area contributed by atoms with Crippen LogP contribution in [0.2, 0.25) is 0 Å². The minimum absolute atomic E-state index is 0.0551. The third-order valence-corrected chi connectivity index (χ3v) is 4.30. The van der Waals surface area contributed by atoms with Gasteiger partial charge in [0.15, 0.2) is 0 Å². The number of amides is 1. The summed E-state index contributed by atoms with van der Waals surface area (Å²) in [7, 11) is 0. The molecule has 1 amide bonds. The summed E-state index contributed by atoms with van der Waals surface area (Å²) in [6.07, 6.45) is 2.16. The summed E-state index contributed by atoms with van der Waals surface area (Å²) in [5.74, 6) is 0.150. The lowest BCUT2D eigenvalue weighted by atomic mass is 10.0. The van der Waals surface area contributed by atoms with Gasteiger partial charge in [-0.15, -0.1) is 0 Å². The van der Waals surface area contributed by atoms with Crippen LogP contribution in [0.3, 0.4) is 0 Å². The van der Waals surface area contributed by atoms with Crippen LogP contribution in [0.5, 0.6) is 0 Å². The summed E-state index contributed by atoms with van der Waals surface area (Å²) in [5, 5.41) is 3.54. The van der Waals surface area contributed by atoms with Crippen molar-refractivity contribution >= 4 is 11.6 Å². The second-order valence-electron chi connectivity index (χ2n) is 5.95. The van der Waals surface area contributed by atoms with Gasteiger partial charge in [0.2, 0.25) is 0 Å². The zero-order valence-corrected chi connectivity index (χ0v) is 12.0. The molecule has 3 nitrogen and oxygen atoms in total. The number of carbonyl (C=O) groups is 1. The predicted molar refractivity (Wildman–Crippen MR) is 83.2 cm³/mol. The van der Waals surface area contributed by atoms with Crippen molar-refractivity contribution in [2.24, 2.45) is 0 Å². The maximum Gasteiger partial charge on any atom is 0.258 e. The molecule has 4 rings (SSSR count). The van der Waals surface area contributed by atoms with E-state index in [4.69, 9.17) is 0 Å². The second kappa shape index (κ2) is 4.62. The summed E-state index contributed by atoms with van der Waals surface area (Å²) in [6, 6.07) is 16.6. The average Bonchev–Trinajstić information content (AvgIpc) is 3.32. The van der Waals surface area contributed by atoms with Crippen LogP contribution < -0.4 is 5.32 Å². The molecule has 1 N–H and O–H groups in total. The van der Waals surface area contributed by atoms with Gasteiger partial charge in [-0.1, -0.05) is 42.0 Å². The van der Waals surface area contributed by atoms with Crippen molar-refractivity contribution in [1.82, 2.24) is 4.90 Å². The van der Waals surface area contributed by atoms with E-state index in [1.807, 2.05) is 29.2 Å². The summed E-state index contributed by atoms with van der Waals surface area (Å²) >= 11 is 0. The van der Waals surface area contributed by atoms with Crippen molar-refractivity contribution in [1.29, 1.82) is 0 Å². The zero-order valence-electron chi connectivity index (χ0n) is 12.0. The molecule has 2 aromatic carbocycles. The molecule has 0 bridgehead atoms. The number of nitrogens with one attached hydrogen (secondary N) is 1. The topological polar surface area (TPSA) is 32.3 Å². The third-order valence-electron chi connectivity index (χ3n) is 4.30. The number of para-hydroxylation sites is 1. The minimum atomic E-state index is -0.0551. The first-order chi connectivity index (χ1) is 10.2. The molecule has 1 aliphatic carbocycles. The van der Waals surface area contributed by atoms with Crippen molar-refractivity contribution in [3.8, 4) is 0 Å². The maximum absolute atomic E-state index is 12.8. The number of carbonyl (C=O) groups excluding carboxylic acids is 1. The molecule has 0 radical (unpaired) electrons. The molecule has 1 fully saturated rings. The molecule has 0 aromatic heterocycles. The molecule has 2 aromatic rings. The fourth-order valence-corrected chi connectivity index (χ4v) is 2.99. The van der Waals surface area contributed by atoms with Gasteiger partial charge in [0.1, 0.15) is 6.17 Å². The molecule has 1 saturated carbocycles. The fourth-order valence-electron chi connectivity index (χ4n) is 2.99. The normalized spacial score (nSPS) is 20.9. The first-order valence-electron chi connectivity index (χ1n) is 7.49. The fraction of sp³-hybridized carbons (Fsp3) is 0.278. The third kappa shape index (κ3) is 2.09. The molecule has 1 atom stereocenters. The lowest BCUT2D eigenvalue weighted by molar-refractivity contribution is 0.0666. The van der Waals surface area contributed by atoms with Crippen molar-refractivity contribution in [3.63, 3.8) is 0 Å². The highest BCUT2D eigenvalue weighted by Gasteiger charge is 2.41. The molecule has 21 heavy (non-hydrogen) atoms. The van der Waals surface area contributed by atoms with E-state index in [-0.39, 0.29) is 12.1 Å². The summed E-state index contributed by atoms with van der Waals surface area (Å²) in [4.78, 5) is 14.9. The van der Waals surface area contributed by atoms with Crippen molar-refractivity contribution in [2.75, 3.05) is 5.32 Å². The molecular formula is C18H18N2O. The van der Waals surface area contributed by atoms with E-state index in [0.29, 0.717) is 6.04 Å². The molecule has 2 aliphatic rings. The summed E-state index contributed by atoms with van der Waals surface area (Å²) < 4.78 is 0.